The summed E-state index contributed by atoms with van der Waals surface area (Å²) in [6.07, 6.45) is 5.89. The van der Waals surface area contributed by atoms with E-state index in [2.05, 4.69) is 11.9 Å². The van der Waals surface area contributed by atoms with Gasteiger partial charge in [0.25, 0.3) is 0 Å². The second-order valence-corrected chi connectivity index (χ2v) is 7.22. The van der Waals surface area contributed by atoms with Crippen LogP contribution in [0.5, 0.6) is 5.75 Å². The number of thioether (sulfide) groups is 1. The molecule has 1 saturated carbocycles. The molecule has 4 nitrogen and oxygen atoms in total. The maximum Gasteiger partial charge on any atom is 0.199 e. The summed E-state index contributed by atoms with van der Waals surface area (Å²) in [4.78, 5) is 18.1. The van der Waals surface area contributed by atoms with Crippen LogP contribution in [0.4, 0.5) is 0 Å². The molecule has 2 aromatic rings. The zero-order chi connectivity index (χ0) is 17.0. The van der Waals surface area contributed by atoms with Crippen LogP contribution >= 0.6 is 11.8 Å². The summed E-state index contributed by atoms with van der Waals surface area (Å²) in [5.74, 6) is 0.774. The number of carbonyl (C=O) groups excluding carboxylic acids is 1. The van der Waals surface area contributed by atoms with Crippen molar-refractivity contribution in [2.24, 2.45) is 5.41 Å². The van der Waals surface area contributed by atoms with Crippen molar-refractivity contribution >= 4 is 27.8 Å². The van der Waals surface area contributed by atoms with Crippen LogP contribution in [0.25, 0.3) is 10.9 Å². The Kier molecular flexibility index (Phi) is 5.41. The number of hydrogen-bond donors (Lipinski definition) is 0. The fourth-order valence-corrected chi connectivity index (χ4v) is 4.20. The van der Waals surface area contributed by atoms with Crippen molar-refractivity contribution in [3.05, 3.63) is 30.5 Å². The highest BCUT2D eigenvalue weighted by Gasteiger charge is 2.42. The van der Waals surface area contributed by atoms with Gasteiger partial charge < -0.3 is 9.47 Å². The van der Waals surface area contributed by atoms with Gasteiger partial charge in [0.1, 0.15) is 12.4 Å². The molecule has 1 aromatic carbocycles. The maximum atomic E-state index is 12.8. The van der Waals surface area contributed by atoms with E-state index in [1.54, 1.807) is 13.3 Å². The predicted molar refractivity (Wildman–Crippen MR) is 96.6 cm³/mol. The first-order valence-electron chi connectivity index (χ1n) is 8.41. The molecule has 1 fully saturated rings. The second kappa shape index (κ2) is 7.53. The summed E-state index contributed by atoms with van der Waals surface area (Å²) in [7, 11) is 1.65. The number of methoxy groups -OCH3 is 1. The van der Waals surface area contributed by atoms with Gasteiger partial charge in [0.15, 0.2) is 5.12 Å². The Labute approximate surface area is 146 Å². The first kappa shape index (κ1) is 17.2. The van der Waals surface area contributed by atoms with Gasteiger partial charge in [-0.3, -0.25) is 9.78 Å². The van der Waals surface area contributed by atoms with Crippen LogP contribution in [0.3, 0.4) is 0 Å². The van der Waals surface area contributed by atoms with Crippen molar-refractivity contribution in [1.29, 1.82) is 0 Å². The molecule has 0 saturated heterocycles. The van der Waals surface area contributed by atoms with Crippen molar-refractivity contribution in [2.75, 3.05) is 20.3 Å². The van der Waals surface area contributed by atoms with Crippen LogP contribution in [0.1, 0.15) is 32.6 Å². The Balaban J connectivity index is 1.84. The molecule has 1 aliphatic carbocycles. The number of rotatable bonds is 7. The summed E-state index contributed by atoms with van der Waals surface area (Å²) >= 11 is 1.36. The Morgan fingerprint density at radius 1 is 1.29 bits per heavy atom. The molecule has 1 aromatic heterocycles. The minimum absolute atomic E-state index is 0.118. The van der Waals surface area contributed by atoms with E-state index in [1.165, 1.54) is 11.8 Å². The lowest BCUT2D eigenvalue weighted by molar-refractivity contribution is -0.124. The van der Waals surface area contributed by atoms with E-state index in [4.69, 9.17) is 9.47 Å². The van der Waals surface area contributed by atoms with E-state index < -0.39 is 0 Å². The average molecular weight is 345 g/mol. The molecule has 0 spiro atoms. The zero-order valence-corrected chi connectivity index (χ0v) is 15.0. The third-order valence-electron chi connectivity index (χ3n) is 4.85. The molecule has 1 heterocycles. The number of carbonyl (C=O) groups is 1. The molecule has 0 atom stereocenters. The van der Waals surface area contributed by atoms with Gasteiger partial charge in [0.05, 0.1) is 12.1 Å². The maximum absolute atomic E-state index is 12.8. The zero-order valence-electron chi connectivity index (χ0n) is 14.2. The highest BCUT2D eigenvalue weighted by molar-refractivity contribution is 8.14. The number of nitrogens with zero attached hydrogens (tertiary/aromatic N) is 1. The summed E-state index contributed by atoms with van der Waals surface area (Å²) in [6.45, 7) is 3.16. The standard InChI is InChI=1S/C19H23NO3S/c1-3-19(8-4-9-19)18(21)24-17-7-10-20-16-6-5-14(13-15(16)17)23-12-11-22-2/h5-7,10,13H,3-4,8-9,11-12H2,1-2H3. The van der Waals surface area contributed by atoms with E-state index >= 15 is 0 Å². The minimum atomic E-state index is -0.118. The molecule has 128 valence electrons. The van der Waals surface area contributed by atoms with E-state index in [0.717, 1.165) is 47.2 Å². The first-order valence-corrected chi connectivity index (χ1v) is 9.23. The lowest BCUT2D eigenvalue weighted by atomic mass is 9.68. The quantitative estimate of drug-likeness (QED) is 0.548. The van der Waals surface area contributed by atoms with Crippen LogP contribution in [0.15, 0.2) is 35.4 Å². The highest BCUT2D eigenvalue weighted by atomic mass is 32.2. The Bertz CT molecular complexity index is 722. The molecular formula is C19H23NO3S. The molecule has 5 heteroatoms. The summed E-state index contributed by atoms with van der Waals surface area (Å²) in [6, 6.07) is 7.73. The fraction of sp³-hybridized carbons (Fsp3) is 0.474. The fourth-order valence-electron chi connectivity index (χ4n) is 3.04. The van der Waals surface area contributed by atoms with Crippen molar-refractivity contribution in [2.45, 2.75) is 37.5 Å². The predicted octanol–water partition coefficient (Wildman–Crippen LogP) is 4.46. The van der Waals surface area contributed by atoms with Crippen LogP contribution in [0.2, 0.25) is 0 Å². The molecule has 0 amide bonds. The van der Waals surface area contributed by atoms with Gasteiger partial charge in [-0.25, -0.2) is 0 Å². The van der Waals surface area contributed by atoms with Gasteiger partial charge >= 0.3 is 0 Å². The van der Waals surface area contributed by atoms with Gasteiger partial charge in [0, 0.05) is 29.0 Å². The third kappa shape index (κ3) is 3.42. The van der Waals surface area contributed by atoms with Crippen LogP contribution in [-0.4, -0.2) is 30.4 Å². The van der Waals surface area contributed by atoms with Crippen molar-refractivity contribution in [3.63, 3.8) is 0 Å². The van der Waals surface area contributed by atoms with E-state index in [1.807, 2.05) is 24.3 Å². The molecule has 0 radical (unpaired) electrons. The third-order valence-corrected chi connectivity index (χ3v) is 6.05. The lowest BCUT2D eigenvalue weighted by Gasteiger charge is -2.39. The van der Waals surface area contributed by atoms with Gasteiger partial charge in [-0.1, -0.05) is 25.1 Å². The summed E-state index contributed by atoms with van der Waals surface area (Å²) in [5, 5.41) is 1.26. The molecular weight excluding hydrogens is 322 g/mol. The molecule has 0 unspecified atom stereocenters. The smallest absolute Gasteiger partial charge is 0.199 e. The van der Waals surface area contributed by atoms with Crippen molar-refractivity contribution in [1.82, 2.24) is 4.98 Å². The average Bonchev–Trinajstić information content (AvgIpc) is 2.55. The monoisotopic (exact) mass is 345 g/mol. The Morgan fingerprint density at radius 3 is 2.79 bits per heavy atom. The topological polar surface area (TPSA) is 48.4 Å². The molecule has 0 bridgehead atoms. The molecule has 3 rings (SSSR count). The molecule has 1 aliphatic rings. The molecule has 24 heavy (non-hydrogen) atoms. The Hall–Kier alpha value is -1.59. The normalized spacial score (nSPS) is 15.9. The molecule has 0 aliphatic heterocycles. The summed E-state index contributed by atoms with van der Waals surface area (Å²) in [5.41, 5.74) is 0.762. The van der Waals surface area contributed by atoms with Crippen molar-refractivity contribution in [3.8, 4) is 5.75 Å². The van der Waals surface area contributed by atoms with E-state index in [-0.39, 0.29) is 10.5 Å². The van der Waals surface area contributed by atoms with Crippen LogP contribution in [-0.2, 0) is 9.53 Å². The number of hydrogen-bond acceptors (Lipinski definition) is 5. The number of pyridine rings is 1. The van der Waals surface area contributed by atoms with Gasteiger partial charge in [-0.15, -0.1) is 0 Å². The van der Waals surface area contributed by atoms with Gasteiger partial charge in [0.2, 0.25) is 0 Å². The SMILES string of the molecule is CCC1(C(=O)Sc2ccnc3ccc(OCCOC)cc23)CCC1. The highest BCUT2D eigenvalue weighted by Crippen LogP contribution is 2.49. The van der Waals surface area contributed by atoms with Crippen LogP contribution < -0.4 is 4.74 Å². The minimum Gasteiger partial charge on any atom is -0.491 e. The summed E-state index contributed by atoms with van der Waals surface area (Å²) < 4.78 is 10.7. The van der Waals surface area contributed by atoms with Gasteiger partial charge in [-0.2, -0.15) is 0 Å². The first-order chi connectivity index (χ1) is 11.7. The Morgan fingerprint density at radius 2 is 2.12 bits per heavy atom. The largest absolute Gasteiger partial charge is 0.491 e. The second-order valence-electron chi connectivity index (χ2n) is 6.21. The van der Waals surface area contributed by atoms with E-state index in [0.29, 0.717) is 13.2 Å². The van der Waals surface area contributed by atoms with Crippen LogP contribution in [0, 0.1) is 5.41 Å². The van der Waals surface area contributed by atoms with Gasteiger partial charge in [-0.05, 0) is 43.5 Å². The van der Waals surface area contributed by atoms with Crippen molar-refractivity contribution < 1.29 is 14.3 Å². The number of benzene rings is 1. The molecule has 0 N–H and O–H groups in total. The lowest BCUT2D eigenvalue weighted by Crippen LogP contribution is -2.35. The number of ether oxygens (including phenoxy) is 2. The number of fused-ring (bicyclic) bond motifs is 1. The van der Waals surface area contributed by atoms with E-state index in [9.17, 15) is 4.79 Å². The number of aromatic nitrogens is 1.